The predicted octanol–water partition coefficient (Wildman–Crippen LogP) is 4.92. The van der Waals surface area contributed by atoms with Gasteiger partial charge >= 0.3 is 0 Å². The number of rotatable bonds is 3. The molecule has 8 heteroatoms. The third-order valence-corrected chi connectivity index (χ3v) is 6.97. The lowest BCUT2D eigenvalue weighted by molar-refractivity contribution is -0.114. The van der Waals surface area contributed by atoms with E-state index in [1.807, 2.05) is 0 Å². The minimum atomic E-state index is -3.88. The van der Waals surface area contributed by atoms with E-state index >= 15 is 0 Å². The van der Waals surface area contributed by atoms with E-state index in [0.29, 0.717) is 27.5 Å². The van der Waals surface area contributed by atoms with Gasteiger partial charge in [-0.05, 0) is 48.5 Å². The number of benzene rings is 3. The molecule has 5 nitrogen and oxygen atoms in total. The molecule has 0 saturated heterocycles. The maximum absolute atomic E-state index is 13.2. The number of carbonyl (C=O) groups excluding carboxylic acids is 1. The highest BCUT2D eigenvalue weighted by atomic mass is 79.9. The number of hydrogen-bond acceptors (Lipinski definition) is 3. The Balaban J connectivity index is 1.72. The highest BCUT2D eigenvalue weighted by Gasteiger charge is 2.35. The summed E-state index contributed by atoms with van der Waals surface area (Å²) in [5, 5.41) is 3.22. The zero-order valence-electron chi connectivity index (χ0n) is 14.4. The van der Waals surface area contributed by atoms with Gasteiger partial charge in [0.2, 0.25) is 5.91 Å². The monoisotopic (exact) mass is 476 g/mol. The van der Waals surface area contributed by atoms with Crippen LogP contribution < -0.4 is 9.62 Å². The van der Waals surface area contributed by atoms with Crippen LogP contribution in [0.5, 0.6) is 0 Å². The molecule has 0 spiro atoms. The van der Waals surface area contributed by atoms with Crippen LogP contribution in [0.25, 0.3) is 11.1 Å². The van der Waals surface area contributed by atoms with Crippen LogP contribution in [0.4, 0.5) is 11.4 Å². The van der Waals surface area contributed by atoms with Crippen molar-refractivity contribution in [3.63, 3.8) is 0 Å². The average Bonchev–Trinajstić information content (AvgIpc) is 2.67. The minimum absolute atomic E-state index is 0.154. The topological polar surface area (TPSA) is 66.5 Å². The first kappa shape index (κ1) is 19.0. The molecule has 0 aliphatic carbocycles. The number of hydrogen-bond donors (Lipinski definition) is 1. The van der Waals surface area contributed by atoms with Crippen molar-refractivity contribution in [2.75, 3.05) is 16.2 Å². The van der Waals surface area contributed by atoms with E-state index in [4.69, 9.17) is 11.6 Å². The van der Waals surface area contributed by atoms with Crippen molar-refractivity contribution in [2.45, 2.75) is 4.90 Å². The van der Waals surface area contributed by atoms with E-state index in [2.05, 4.69) is 21.2 Å². The summed E-state index contributed by atoms with van der Waals surface area (Å²) in [7, 11) is -3.88. The Hall–Kier alpha value is -2.35. The van der Waals surface area contributed by atoms with Crippen LogP contribution in [0, 0.1) is 0 Å². The van der Waals surface area contributed by atoms with Crippen molar-refractivity contribution in [2.24, 2.45) is 0 Å². The number of nitrogens with zero attached hydrogens (tertiary/aromatic N) is 1. The molecule has 0 unspecified atom stereocenters. The lowest BCUT2D eigenvalue weighted by Gasteiger charge is -2.31. The first-order valence-corrected chi connectivity index (χ1v) is 10.9. The van der Waals surface area contributed by atoms with Gasteiger partial charge in [0.15, 0.2) is 0 Å². The highest BCUT2D eigenvalue weighted by Crippen LogP contribution is 2.43. The van der Waals surface area contributed by atoms with Gasteiger partial charge in [-0.3, -0.25) is 9.10 Å². The fourth-order valence-corrected chi connectivity index (χ4v) is 5.22. The second-order valence-corrected chi connectivity index (χ2v) is 9.41. The SMILES string of the molecule is O=C(CN1c2ccc(Cl)cc2-c2ccccc2S1(=O)=O)Nc1ccc(Br)cc1. The first-order valence-electron chi connectivity index (χ1n) is 8.33. The number of halogens is 2. The van der Waals surface area contributed by atoms with E-state index in [-0.39, 0.29) is 11.4 Å². The fourth-order valence-electron chi connectivity index (χ4n) is 3.14. The molecular weight excluding hydrogens is 464 g/mol. The number of amides is 1. The molecule has 142 valence electrons. The van der Waals surface area contributed by atoms with Crippen molar-refractivity contribution in [1.82, 2.24) is 0 Å². The van der Waals surface area contributed by atoms with Crippen LogP contribution in [0.3, 0.4) is 0 Å². The van der Waals surface area contributed by atoms with Gasteiger partial charge in [-0.25, -0.2) is 8.42 Å². The van der Waals surface area contributed by atoms with Gasteiger partial charge in [-0.15, -0.1) is 0 Å². The molecule has 0 aromatic heterocycles. The molecule has 0 fully saturated rings. The van der Waals surface area contributed by atoms with Crippen molar-refractivity contribution >= 4 is 54.8 Å². The van der Waals surface area contributed by atoms with Crippen molar-refractivity contribution in [3.8, 4) is 11.1 Å². The Morgan fingerprint density at radius 2 is 1.71 bits per heavy atom. The Morgan fingerprint density at radius 3 is 2.46 bits per heavy atom. The van der Waals surface area contributed by atoms with Crippen LogP contribution in [-0.2, 0) is 14.8 Å². The van der Waals surface area contributed by atoms with E-state index < -0.39 is 15.9 Å². The third kappa shape index (κ3) is 3.41. The molecular formula is C20H14BrClN2O3S. The molecule has 4 rings (SSSR count). The lowest BCUT2D eigenvalue weighted by atomic mass is 10.0. The van der Waals surface area contributed by atoms with E-state index in [1.54, 1.807) is 60.7 Å². The zero-order chi connectivity index (χ0) is 19.9. The summed E-state index contributed by atoms with van der Waals surface area (Å²) in [5.41, 5.74) is 2.26. The largest absolute Gasteiger partial charge is 0.325 e. The van der Waals surface area contributed by atoms with Crippen LogP contribution in [0.2, 0.25) is 5.02 Å². The molecule has 1 N–H and O–H groups in total. The smallest absolute Gasteiger partial charge is 0.265 e. The summed E-state index contributed by atoms with van der Waals surface area (Å²) in [6.45, 7) is -0.346. The van der Waals surface area contributed by atoms with Gasteiger partial charge in [0.25, 0.3) is 10.0 Å². The second kappa shape index (κ2) is 7.24. The standard InChI is InChI=1S/C20H14BrClN2O3S/c21-13-5-8-15(9-6-13)23-20(25)12-24-18-10-7-14(22)11-17(18)16-3-1-2-4-19(16)28(24,26)27/h1-11H,12H2,(H,23,25). The van der Waals surface area contributed by atoms with Crippen molar-refractivity contribution < 1.29 is 13.2 Å². The lowest BCUT2D eigenvalue weighted by Crippen LogP contribution is -2.40. The van der Waals surface area contributed by atoms with Crippen LogP contribution in [-0.4, -0.2) is 20.9 Å². The molecule has 1 aliphatic heterocycles. The quantitative estimate of drug-likeness (QED) is 0.582. The first-order chi connectivity index (χ1) is 13.4. The van der Waals surface area contributed by atoms with Gasteiger partial charge in [0.05, 0.1) is 10.6 Å². The normalized spacial score (nSPS) is 14.1. The maximum Gasteiger partial charge on any atom is 0.265 e. The minimum Gasteiger partial charge on any atom is -0.325 e. The van der Waals surface area contributed by atoms with Gasteiger partial charge < -0.3 is 5.32 Å². The van der Waals surface area contributed by atoms with Gasteiger partial charge in [-0.1, -0.05) is 45.7 Å². The summed E-state index contributed by atoms with van der Waals surface area (Å²) in [6, 6.07) is 18.7. The molecule has 3 aromatic rings. The van der Waals surface area contributed by atoms with Crippen LogP contribution in [0.1, 0.15) is 0 Å². The maximum atomic E-state index is 13.2. The number of anilines is 2. The summed E-state index contributed by atoms with van der Waals surface area (Å²) < 4.78 is 28.4. The van der Waals surface area contributed by atoms with Crippen molar-refractivity contribution in [3.05, 3.63) is 76.2 Å². The van der Waals surface area contributed by atoms with E-state index in [1.165, 1.54) is 6.07 Å². The van der Waals surface area contributed by atoms with Crippen molar-refractivity contribution in [1.29, 1.82) is 0 Å². The molecule has 0 radical (unpaired) electrons. The second-order valence-electron chi connectivity index (χ2n) is 6.22. The van der Waals surface area contributed by atoms with E-state index in [9.17, 15) is 13.2 Å². The summed E-state index contributed by atoms with van der Waals surface area (Å²) >= 11 is 9.47. The summed E-state index contributed by atoms with van der Waals surface area (Å²) in [4.78, 5) is 12.7. The Morgan fingerprint density at radius 1 is 1.00 bits per heavy atom. The molecule has 1 aliphatic rings. The van der Waals surface area contributed by atoms with E-state index in [0.717, 1.165) is 8.78 Å². The third-order valence-electron chi connectivity index (χ3n) is 4.39. The number of nitrogens with one attached hydrogen (secondary N) is 1. The van der Waals surface area contributed by atoms with Gasteiger partial charge in [-0.2, -0.15) is 0 Å². The fraction of sp³-hybridized carbons (Fsp3) is 0.0500. The van der Waals surface area contributed by atoms with Gasteiger partial charge in [0, 0.05) is 26.3 Å². The van der Waals surface area contributed by atoms with Crippen LogP contribution in [0.15, 0.2) is 76.1 Å². The molecule has 1 heterocycles. The predicted molar refractivity (Wildman–Crippen MR) is 114 cm³/mol. The summed E-state index contributed by atoms with van der Waals surface area (Å²) in [5.74, 6) is -0.439. The average molecular weight is 478 g/mol. The zero-order valence-corrected chi connectivity index (χ0v) is 17.6. The number of carbonyl (C=O) groups is 1. The Bertz CT molecular complexity index is 1180. The Kier molecular flexibility index (Phi) is 4.91. The summed E-state index contributed by atoms with van der Waals surface area (Å²) in [6.07, 6.45) is 0. The Labute approximate surface area is 176 Å². The molecule has 0 bridgehead atoms. The molecule has 0 atom stereocenters. The molecule has 3 aromatic carbocycles. The molecule has 1 amide bonds. The molecule has 0 saturated carbocycles. The number of sulfonamides is 1. The highest BCUT2D eigenvalue weighted by molar-refractivity contribution is 9.10. The van der Waals surface area contributed by atoms with Crippen LogP contribution >= 0.6 is 27.5 Å². The molecule has 28 heavy (non-hydrogen) atoms. The van der Waals surface area contributed by atoms with Gasteiger partial charge in [0.1, 0.15) is 6.54 Å². The number of fused-ring (bicyclic) bond motifs is 3.